The maximum Gasteiger partial charge on any atom is 0.268 e. The van der Waals surface area contributed by atoms with E-state index in [9.17, 15) is 9.59 Å². The number of rotatable bonds is 5. The fourth-order valence-electron chi connectivity index (χ4n) is 3.06. The van der Waals surface area contributed by atoms with E-state index in [0.29, 0.717) is 13.1 Å². The van der Waals surface area contributed by atoms with E-state index < -0.39 is 0 Å². The van der Waals surface area contributed by atoms with Crippen LogP contribution in [0.1, 0.15) is 18.5 Å². The minimum atomic E-state index is -0.139. The summed E-state index contributed by atoms with van der Waals surface area (Å²) < 4.78 is 1.30. The minimum Gasteiger partial charge on any atom is -0.369 e. The van der Waals surface area contributed by atoms with Crippen LogP contribution < -0.4 is 15.8 Å². The molecular weight excluding hydrogens is 318 g/mol. The molecule has 1 unspecified atom stereocenters. The van der Waals surface area contributed by atoms with E-state index >= 15 is 0 Å². The lowest BCUT2D eigenvalue weighted by atomic mass is 9.96. The normalized spacial score (nSPS) is 17.3. The first-order valence-corrected chi connectivity index (χ1v) is 8.59. The van der Waals surface area contributed by atoms with Gasteiger partial charge in [0.2, 0.25) is 5.91 Å². The van der Waals surface area contributed by atoms with Gasteiger partial charge >= 0.3 is 0 Å². The van der Waals surface area contributed by atoms with Gasteiger partial charge in [-0.05, 0) is 25.0 Å². The number of piperidine rings is 1. The van der Waals surface area contributed by atoms with Crippen molar-refractivity contribution in [1.82, 2.24) is 20.1 Å². The number of aromatic nitrogens is 3. The van der Waals surface area contributed by atoms with Crippen molar-refractivity contribution in [1.29, 1.82) is 0 Å². The Morgan fingerprint density at radius 2 is 2.28 bits per heavy atom. The van der Waals surface area contributed by atoms with Crippen molar-refractivity contribution in [3.05, 3.63) is 52.7 Å². The number of carbonyl (C=O) groups excluding carboxylic acids is 1. The molecule has 7 heteroatoms. The number of nitrogens with zero attached hydrogens (tertiary/aromatic N) is 4. The highest BCUT2D eigenvalue weighted by Gasteiger charge is 2.26. The molecule has 0 aliphatic carbocycles. The lowest BCUT2D eigenvalue weighted by molar-refractivity contribution is -0.125. The summed E-state index contributed by atoms with van der Waals surface area (Å²) in [4.78, 5) is 30.5. The zero-order chi connectivity index (χ0) is 17.6. The molecule has 3 rings (SSSR count). The Morgan fingerprint density at radius 3 is 3.04 bits per heavy atom. The summed E-state index contributed by atoms with van der Waals surface area (Å²) in [6, 6.07) is 7.36. The average molecular weight is 341 g/mol. The maximum atomic E-state index is 12.4. The Morgan fingerprint density at radius 1 is 1.40 bits per heavy atom. The Kier molecular flexibility index (Phi) is 5.42. The lowest BCUT2D eigenvalue weighted by Crippen LogP contribution is -2.44. The Labute approximate surface area is 146 Å². The van der Waals surface area contributed by atoms with Gasteiger partial charge in [0.1, 0.15) is 0 Å². The van der Waals surface area contributed by atoms with Crippen LogP contribution in [0.15, 0.2) is 41.5 Å². The fourth-order valence-corrected chi connectivity index (χ4v) is 3.06. The third-order valence-electron chi connectivity index (χ3n) is 4.52. The van der Waals surface area contributed by atoms with E-state index in [1.807, 2.05) is 18.2 Å². The van der Waals surface area contributed by atoms with Crippen molar-refractivity contribution in [2.24, 2.45) is 13.0 Å². The van der Waals surface area contributed by atoms with Crippen molar-refractivity contribution in [3.8, 4) is 0 Å². The van der Waals surface area contributed by atoms with Gasteiger partial charge in [-0.3, -0.25) is 14.6 Å². The summed E-state index contributed by atoms with van der Waals surface area (Å²) in [6.07, 6.45) is 5.95. The molecule has 2 aromatic heterocycles. The molecule has 1 aliphatic heterocycles. The number of hydrogen-bond acceptors (Lipinski definition) is 5. The second-order valence-corrected chi connectivity index (χ2v) is 6.32. The molecule has 0 spiro atoms. The van der Waals surface area contributed by atoms with Crippen LogP contribution in [0.2, 0.25) is 0 Å². The van der Waals surface area contributed by atoms with Crippen LogP contribution in [-0.4, -0.2) is 40.3 Å². The molecule has 132 valence electrons. The lowest BCUT2D eigenvalue weighted by Gasteiger charge is -2.33. The summed E-state index contributed by atoms with van der Waals surface area (Å²) >= 11 is 0. The van der Waals surface area contributed by atoms with Crippen LogP contribution in [0.25, 0.3) is 0 Å². The van der Waals surface area contributed by atoms with E-state index in [4.69, 9.17) is 0 Å². The van der Waals surface area contributed by atoms with Gasteiger partial charge in [-0.15, -0.1) is 0 Å². The predicted molar refractivity (Wildman–Crippen MR) is 95.4 cm³/mol. The second kappa shape index (κ2) is 7.92. The molecule has 3 heterocycles. The molecule has 0 saturated carbocycles. The zero-order valence-corrected chi connectivity index (χ0v) is 14.4. The van der Waals surface area contributed by atoms with Crippen molar-refractivity contribution in [2.75, 3.05) is 24.5 Å². The second-order valence-electron chi connectivity index (χ2n) is 6.32. The van der Waals surface area contributed by atoms with Crippen LogP contribution in [0.3, 0.4) is 0 Å². The molecule has 1 amide bonds. The van der Waals surface area contributed by atoms with Crippen LogP contribution in [-0.2, 0) is 18.3 Å². The highest BCUT2D eigenvalue weighted by atomic mass is 16.2. The molecule has 1 aliphatic rings. The Hall–Kier alpha value is -2.70. The first-order chi connectivity index (χ1) is 12.1. The maximum absolute atomic E-state index is 12.4. The van der Waals surface area contributed by atoms with Gasteiger partial charge < -0.3 is 10.2 Å². The molecule has 0 aromatic carbocycles. The molecule has 1 saturated heterocycles. The van der Waals surface area contributed by atoms with Gasteiger partial charge in [-0.2, -0.15) is 5.10 Å². The first kappa shape index (κ1) is 17.1. The van der Waals surface area contributed by atoms with Gasteiger partial charge in [0, 0.05) is 51.1 Å². The zero-order valence-electron chi connectivity index (χ0n) is 14.4. The summed E-state index contributed by atoms with van der Waals surface area (Å²) in [5.41, 5.74) is 1.62. The van der Waals surface area contributed by atoms with Crippen molar-refractivity contribution in [3.63, 3.8) is 0 Å². The third-order valence-corrected chi connectivity index (χ3v) is 4.52. The van der Waals surface area contributed by atoms with Gasteiger partial charge in [-0.25, -0.2) is 4.68 Å². The summed E-state index contributed by atoms with van der Waals surface area (Å²) in [7, 11) is 1.63. The predicted octanol–water partition coefficient (Wildman–Crippen LogP) is 0.751. The molecule has 25 heavy (non-hydrogen) atoms. The molecule has 1 atom stereocenters. The monoisotopic (exact) mass is 341 g/mol. The summed E-state index contributed by atoms with van der Waals surface area (Å²) in [5, 5.41) is 7.07. The first-order valence-electron chi connectivity index (χ1n) is 8.59. The Bertz CT molecular complexity index is 775. The molecule has 1 N–H and O–H groups in total. The average Bonchev–Trinajstić information content (AvgIpc) is 2.65. The Balaban J connectivity index is 1.54. The molecular formula is C18H23N5O2. The van der Waals surface area contributed by atoms with E-state index in [-0.39, 0.29) is 17.4 Å². The van der Waals surface area contributed by atoms with Crippen molar-refractivity contribution < 1.29 is 4.79 Å². The number of aryl methyl sites for hydroxylation is 1. The SMILES string of the molecule is Cn1ncc(N2CCCC(C(=O)NCCc3ccccn3)C2)cc1=O. The molecule has 1 fully saturated rings. The smallest absolute Gasteiger partial charge is 0.268 e. The number of carbonyl (C=O) groups is 1. The van der Waals surface area contributed by atoms with Gasteiger partial charge in [0.25, 0.3) is 5.56 Å². The summed E-state index contributed by atoms with van der Waals surface area (Å²) in [6.45, 7) is 2.04. The topological polar surface area (TPSA) is 80.1 Å². The quantitative estimate of drug-likeness (QED) is 0.868. The molecule has 0 radical (unpaired) electrons. The van der Waals surface area contributed by atoms with E-state index in [1.165, 1.54) is 4.68 Å². The van der Waals surface area contributed by atoms with Crippen molar-refractivity contribution in [2.45, 2.75) is 19.3 Å². The van der Waals surface area contributed by atoms with E-state index in [1.54, 1.807) is 25.5 Å². The van der Waals surface area contributed by atoms with Crippen molar-refractivity contribution >= 4 is 11.6 Å². The van der Waals surface area contributed by atoms with Crippen LogP contribution >= 0.6 is 0 Å². The molecule has 2 aromatic rings. The van der Waals surface area contributed by atoms with Crippen LogP contribution in [0.4, 0.5) is 5.69 Å². The van der Waals surface area contributed by atoms with Gasteiger partial charge in [-0.1, -0.05) is 6.07 Å². The number of anilines is 1. The summed E-state index contributed by atoms with van der Waals surface area (Å²) in [5.74, 6) is -0.000959. The molecule has 7 nitrogen and oxygen atoms in total. The highest BCUT2D eigenvalue weighted by molar-refractivity contribution is 5.79. The van der Waals surface area contributed by atoms with Gasteiger partial charge in [0.05, 0.1) is 17.8 Å². The third kappa shape index (κ3) is 4.43. The largest absolute Gasteiger partial charge is 0.369 e. The number of hydrogen-bond donors (Lipinski definition) is 1. The number of pyridine rings is 1. The number of amides is 1. The van der Waals surface area contributed by atoms with Gasteiger partial charge in [0.15, 0.2) is 0 Å². The van der Waals surface area contributed by atoms with E-state index in [2.05, 4.69) is 20.3 Å². The number of nitrogens with one attached hydrogen (secondary N) is 1. The van der Waals surface area contributed by atoms with Crippen LogP contribution in [0.5, 0.6) is 0 Å². The standard InChI is InChI=1S/C18H23N5O2/c1-22-17(24)11-16(12-21-22)23-10-4-5-14(13-23)18(25)20-9-7-15-6-2-3-8-19-15/h2-3,6,8,11-12,14H,4-5,7,9-10,13H2,1H3,(H,20,25). The molecule has 0 bridgehead atoms. The highest BCUT2D eigenvalue weighted by Crippen LogP contribution is 2.21. The fraction of sp³-hybridized carbons (Fsp3) is 0.444. The minimum absolute atomic E-state index is 0.0671. The van der Waals surface area contributed by atoms with E-state index in [0.717, 1.165) is 37.2 Å². The van der Waals surface area contributed by atoms with Crippen LogP contribution in [0, 0.1) is 5.92 Å².